The SMILES string of the molecule is Cc1cc2occ(CC(=O)N[C@@H](C)c3cccs3)c2cc1C. The molecule has 3 rings (SSSR count). The Kier molecular flexibility index (Phi) is 4.03. The maximum atomic E-state index is 12.3. The number of furan rings is 1. The van der Waals surface area contributed by atoms with Gasteiger partial charge in [0.15, 0.2) is 0 Å². The van der Waals surface area contributed by atoms with Gasteiger partial charge in [-0.05, 0) is 55.5 Å². The second kappa shape index (κ2) is 5.97. The van der Waals surface area contributed by atoms with Crippen LogP contribution >= 0.6 is 11.3 Å². The molecular weight excluding hydrogens is 294 g/mol. The monoisotopic (exact) mass is 313 g/mol. The van der Waals surface area contributed by atoms with E-state index in [1.165, 1.54) is 11.1 Å². The van der Waals surface area contributed by atoms with Crippen molar-refractivity contribution in [1.82, 2.24) is 5.32 Å². The fourth-order valence-electron chi connectivity index (χ4n) is 2.55. The number of hydrogen-bond acceptors (Lipinski definition) is 3. The third-order valence-corrected chi connectivity index (χ3v) is 5.02. The zero-order chi connectivity index (χ0) is 15.7. The third kappa shape index (κ3) is 2.92. The van der Waals surface area contributed by atoms with Crippen molar-refractivity contribution in [3.8, 4) is 0 Å². The van der Waals surface area contributed by atoms with Crippen molar-refractivity contribution in [3.05, 3.63) is 57.5 Å². The van der Waals surface area contributed by atoms with E-state index in [1.807, 2.05) is 30.5 Å². The van der Waals surface area contributed by atoms with Gasteiger partial charge >= 0.3 is 0 Å². The molecule has 0 aliphatic rings. The second-order valence-electron chi connectivity index (χ2n) is 5.67. The standard InChI is InChI=1S/C18H19NO2S/c1-11-7-15-14(10-21-16(15)8-12(11)2)9-18(20)19-13(3)17-5-4-6-22-17/h4-8,10,13H,9H2,1-3H3,(H,19,20)/t13-/m0/s1. The van der Waals surface area contributed by atoms with Gasteiger partial charge in [0.2, 0.25) is 5.91 Å². The molecule has 2 aromatic heterocycles. The van der Waals surface area contributed by atoms with Gasteiger partial charge in [-0.1, -0.05) is 6.07 Å². The molecule has 0 unspecified atom stereocenters. The number of aryl methyl sites for hydroxylation is 2. The first-order chi connectivity index (χ1) is 10.5. The fraction of sp³-hybridized carbons (Fsp3) is 0.278. The van der Waals surface area contributed by atoms with E-state index >= 15 is 0 Å². The smallest absolute Gasteiger partial charge is 0.225 e. The van der Waals surface area contributed by atoms with E-state index in [0.717, 1.165) is 21.4 Å². The Morgan fingerprint density at radius 1 is 1.32 bits per heavy atom. The van der Waals surface area contributed by atoms with Crippen LogP contribution in [0.2, 0.25) is 0 Å². The summed E-state index contributed by atoms with van der Waals surface area (Å²) in [4.78, 5) is 13.4. The predicted octanol–water partition coefficient (Wildman–Crippen LogP) is 4.53. The summed E-state index contributed by atoms with van der Waals surface area (Å²) < 4.78 is 5.59. The topological polar surface area (TPSA) is 42.2 Å². The summed E-state index contributed by atoms with van der Waals surface area (Å²) in [5.74, 6) is 0.0156. The Hall–Kier alpha value is -2.07. The number of carbonyl (C=O) groups is 1. The molecule has 22 heavy (non-hydrogen) atoms. The lowest BCUT2D eigenvalue weighted by Gasteiger charge is -2.11. The van der Waals surface area contributed by atoms with Gasteiger partial charge in [-0.25, -0.2) is 0 Å². The van der Waals surface area contributed by atoms with E-state index in [4.69, 9.17) is 4.42 Å². The van der Waals surface area contributed by atoms with Crippen LogP contribution in [0, 0.1) is 13.8 Å². The molecule has 2 heterocycles. The summed E-state index contributed by atoms with van der Waals surface area (Å²) in [6, 6.07) is 8.20. The minimum absolute atomic E-state index is 0.0156. The molecule has 0 bridgehead atoms. The van der Waals surface area contributed by atoms with Gasteiger partial charge in [-0.3, -0.25) is 4.79 Å². The summed E-state index contributed by atoms with van der Waals surface area (Å²) in [6.45, 7) is 6.14. The Morgan fingerprint density at radius 2 is 2.09 bits per heavy atom. The third-order valence-electron chi connectivity index (χ3n) is 3.97. The average molecular weight is 313 g/mol. The molecule has 0 radical (unpaired) electrons. The van der Waals surface area contributed by atoms with E-state index in [-0.39, 0.29) is 11.9 Å². The highest BCUT2D eigenvalue weighted by Crippen LogP contribution is 2.25. The van der Waals surface area contributed by atoms with Crippen molar-refractivity contribution in [1.29, 1.82) is 0 Å². The molecule has 0 saturated heterocycles. The summed E-state index contributed by atoms with van der Waals surface area (Å²) in [6.07, 6.45) is 2.03. The highest BCUT2D eigenvalue weighted by atomic mass is 32.1. The van der Waals surface area contributed by atoms with Crippen molar-refractivity contribution in [2.75, 3.05) is 0 Å². The minimum atomic E-state index is 0.0156. The molecule has 4 heteroatoms. The lowest BCUT2D eigenvalue weighted by molar-refractivity contribution is -0.121. The van der Waals surface area contributed by atoms with Crippen LogP contribution in [0.25, 0.3) is 11.0 Å². The Morgan fingerprint density at radius 3 is 2.82 bits per heavy atom. The van der Waals surface area contributed by atoms with Crippen molar-refractivity contribution >= 4 is 28.2 Å². The first-order valence-electron chi connectivity index (χ1n) is 7.34. The zero-order valence-corrected chi connectivity index (χ0v) is 13.8. The van der Waals surface area contributed by atoms with Gasteiger partial charge in [0, 0.05) is 15.8 Å². The fourth-order valence-corrected chi connectivity index (χ4v) is 3.28. The van der Waals surface area contributed by atoms with Crippen LogP contribution in [-0.2, 0) is 11.2 Å². The maximum absolute atomic E-state index is 12.3. The number of thiophene rings is 1. The van der Waals surface area contributed by atoms with Crippen molar-refractivity contribution in [2.45, 2.75) is 33.2 Å². The van der Waals surface area contributed by atoms with E-state index in [9.17, 15) is 4.79 Å². The van der Waals surface area contributed by atoms with Crippen LogP contribution < -0.4 is 5.32 Å². The summed E-state index contributed by atoms with van der Waals surface area (Å²) in [5.41, 5.74) is 4.19. The van der Waals surface area contributed by atoms with Gasteiger partial charge in [0.1, 0.15) is 5.58 Å². The first kappa shape index (κ1) is 14.9. The number of rotatable bonds is 4. The van der Waals surface area contributed by atoms with Crippen molar-refractivity contribution in [3.63, 3.8) is 0 Å². The van der Waals surface area contributed by atoms with Crippen LogP contribution in [-0.4, -0.2) is 5.91 Å². The van der Waals surface area contributed by atoms with E-state index in [2.05, 4.69) is 25.2 Å². The minimum Gasteiger partial charge on any atom is -0.464 e. The number of fused-ring (bicyclic) bond motifs is 1. The predicted molar refractivity (Wildman–Crippen MR) is 90.3 cm³/mol. The highest BCUT2D eigenvalue weighted by molar-refractivity contribution is 7.10. The molecule has 1 N–H and O–H groups in total. The van der Waals surface area contributed by atoms with E-state index in [1.54, 1.807) is 17.6 Å². The molecule has 0 saturated carbocycles. The zero-order valence-electron chi connectivity index (χ0n) is 13.0. The van der Waals surface area contributed by atoms with Gasteiger partial charge in [0.25, 0.3) is 0 Å². The molecular formula is C18H19NO2S. The molecule has 0 aliphatic heterocycles. The van der Waals surface area contributed by atoms with Crippen LogP contribution in [0.3, 0.4) is 0 Å². The van der Waals surface area contributed by atoms with Crippen molar-refractivity contribution in [2.24, 2.45) is 0 Å². The molecule has 3 nitrogen and oxygen atoms in total. The lowest BCUT2D eigenvalue weighted by Crippen LogP contribution is -2.27. The number of hydrogen-bond donors (Lipinski definition) is 1. The number of nitrogens with one attached hydrogen (secondary N) is 1. The van der Waals surface area contributed by atoms with Crippen molar-refractivity contribution < 1.29 is 9.21 Å². The van der Waals surface area contributed by atoms with Gasteiger partial charge in [0.05, 0.1) is 18.7 Å². The molecule has 0 spiro atoms. The molecule has 3 aromatic rings. The Balaban J connectivity index is 1.75. The van der Waals surface area contributed by atoms with Crippen LogP contribution in [0.5, 0.6) is 0 Å². The summed E-state index contributed by atoms with van der Waals surface area (Å²) in [5, 5.41) is 6.09. The average Bonchev–Trinajstić information content (AvgIpc) is 3.11. The molecule has 1 aromatic carbocycles. The van der Waals surface area contributed by atoms with E-state index < -0.39 is 0 Å². The van der Waals surface area contributed by atoms with Gasteiger partial charge in [-0.15, -0.1) is 11.3 Å². The quantitative estimate of drug-likeness (QED) is 0.769. The van der Waals surface area contributed by atoms with Gasteiger partial charge in [-0.2, -0.15) is 0 Å². The van der Waals surface area contributed by atoms with Crippen LogP contribution in [0.4, 0.5) is 0 Å². The summed E-state index contributed by atoms with van der Waals surface area (Å²) in [7, 11) is 0. The number of amides is 1. The Labute approximate surface area is 134 Å². The second-order valence-corrected chi connectivity index (χ2v) is 6.65. The molecule has 0 aliphatic carbocycles. The maximum Gasteiger partial charge on any atom is 0.225 e. The van der Waals surface area contributed by atoms with Crippen LogP contribution in [0.1, 0.15) is 34.5 Å². The van der Waals surface area contributed by atoms with Crippen LogP contribution in [0.15, 0.2) is 40.3 Å². The number of benzene rings is 1. The normalized spacial score (nSPS) is 12.5. The molecule has 1 atom stereocenters. The first-order valence-corrected chi connectivity index (χ1v) is 8.22. The molecule has 0 fully saturated rings. The largest absolute Gasteiger partial charge is 0.464 e. The van der Waals surface area contributed by atoms with E-state index in [0.29, 0.717) is 6.42 Å². The van der Waals surface area contributed by atoms with Gasteiger partial charge < -0.3 is 9.73 Å². The summed E-state index contributed by atoms with van der Waals surface area (Å²) >= 11 is 1.65. The Bertz CT molecular complexity index is 802. The molecule has 1 amide bonds. The number of carbonyl (C=O) groups excluding carboxylic acids is 1. The highest BCUT2D eigenvalue weighted by Gasteiger charge is 2.14. The lowest BCUT2D eigenvalue weighted by atomic mass is 10.0. The molecule has 114 valence electrons.